The van der Waals surface area contributed by atoms with Crippen molar-refractivity contribution >= 4 is 33.2 Å². The largest absolute Gasteiger partial charge is 0.432 e. The third-order valence-corrected chi connectivity index (χ3v) is 3.65. The molecule has 1 aromatic carbocycles. The highest BCUT2D eigenvalue weighted by molar-refractivity contribution is 9.10. The summed E-state index contributed by atoms with van der Waals surface area (Å²) in [5, 5.41) is 3.28. The van der Waals surface area contributed by atoms with Crippen molar-refractivity contribution in [3.63, 3.8) is 0 Å². The second-order valence-electron chi connectivity index (χ2n) is 3.82. The Kier molecular flexibility index (Phi) is 3.82. The van der Waals surface area contributed by atoms with Gasteiger partial charge in [-0.05, 0) is 28.1 Å². The first kappa shape index (κ1) is 14.3. The van der Waals surface area contributed by atoms with Crippen LogP contribution in [0.15, 0.2) is 28.7 Å². The van der Waals surface area contributed by atoms with Gasteiger partial charge >= 0.3 is 6.18 Å². The molecule has 1 aromatic heterocycles. The summed E-state index contributed by atoms with van der Waals surface area (Å²) in [7, 11) is 1.56. The molecule has 0 saturated carbocycles. The normalized spacial score (nSPS) is 11.7. The first-order chi connectivity index (χ1) is 8.84. The molecule has 0 aliphatic carbocycles. The van der Waals surface area contributed by atoms with Gasteiger partial charge in [0.1, 0.15) is 5.69 Å². The molecular formula is C12H9BrClF3N2. The molecule has 0 saturated heterocycles. The lowest BCUT2D eigenvalue weighted by molar-refractivity contribution is -0.141. The number of benzene rings is 1. The third-order valence-electron chi connectivity index (χ3n) is 2.61. The predicted molar refractivity (Wildman–Crippen MR) is 73.5 cm³/mol. The van der Waals surface area contributed by atoms with Crippen LogP contribution in [0.4, 0.5) is 18.9 Å². The Morgan fingerprint density at radius 1 is 1.21 bits per heavy atom. The van der Waals surface area contributed by atoms with Crippen LogP contribution >= 0.6 is 27.5 Å². The molecule has 0 fully saturated rings. The summed E-state index contributed by atoms with van der Waals surface area (Å²) in [6, 6.07) is 6.56. The van der Waals surface area contributed by atoms with E-state index < -0.39 is 11.9 Å². The van der Waals surface area contributed by atoms with E-state index in [1.165, 1.54) is 0 Å². The predicted octanol–water partition coefficient (Wildman–Crippen LogP) is 5.16. The van der Waals surface area contributed by atoms with Gasteiger partial charge in [0.15, 0.2) is 0 Å². The Hall–Kier alpha value is -1.14. The summed E-state index contributed by atoms with van der Waals surface area (Å²) in [5.41, 5.74) is 0.514. The fourth-order valence-electron chi connectivity index (χ4n) is 1.74. The molecule has 0 amide bonds. The topological polar surface area (TPSA) is 27.8 Å². The number of hydrogen-bond acceptors (Lipinski definition) is 1. The number of hydrogen-bond donors (Lipinski definition) is 2. The molecule has 2 rings (SSSR count). The van der Waals surface area contributed by atoms with E-state index in [4.69, 9.17) is 11.6 Å². The maximum Gasteiger partial charge on any atom is 0.432 e. The molecule has 0 unspecified atom stereocenters. The van der Waals surface area contributed by atoms with Crippen molar-refractivity contribution in [2.45, 2.75) is 6.18 Å². The number of alkyl halides is 3. The summed E-state index contributed by atoms with van der Waals surface area (Å²) in [6.45, 7) is 0. The molecule has 0 atom stereocenters. The molecule has 0 aliphatic heterocycles. The van der Waals surface area contributed by atoms with Crippen molar-refractivity contribution in [2.75, 3.05) is 12.4 Å². The van der Waals surface area contributed by atoms with Gasteiger partial charge in [0.05, 0.1) is 15.9 Å². The molecule has 0 spiro atoms. The highest BCUT2D eigenvalue weighted by Gasteiger charge is 2.37. The molecular weight excluding hydrogens is 344 g/mol. The van der Waals surface area contributed by atoms with Crippen molar-refractivity contribution < 1.29 is 13.2 Å². The van der Waals surface area contributed by atoms with Crippen molar-refractivity contribution in [1.82, 2.24) is 4.98 Å². The minimum absolute atomic E-state index is 0.0348. The van der Waals surface area contributed by atoms with Crippen LogP contribution in [0.2, 0.25) is 5.02 Å². The molecule has 7 heteroatoms. The van der Waals surface area contributed by atoms with E-state index in [2.05, 4.69) is 26.2 Å². The zero-order valence-corrected chi connectivity index (χ0v) is 12.0. The number of anilines is 1. The van der Waals surface area contributed by atoms with Crippen LogP contribution in [-0.2, 0) is 6.18 Å². The van der Waals surface area contributed by atoms with Gasteiger partial charge in [0.25, 0.3) is 0 Å². The summed E-state index contributed by atoms with van der Waals surface area (Å²) in [6.07, 6.45) is -4.45. The summed E-state index contributed by atoms with van der Waals surface area (Å²) in [4.78, 5) is 2.40. The quantitative estimate of drug-likeness (QED) is 0.767. The van der Waals surface area contributed by atoms with Crippen LogP contribution in [0.25, 0.3) is 11.3 Å². The van der Waals surface area contributed by atoms with E-state index in [1.54, 1.807) is 31.3 Å². The van der Waals surface area contributed by atoms with Crippen molar-refractivity contribution in [2.24, 2.45) is 0 Å². The maximum atomic E-state index is 12.8. The lowest BCUT2D eigenvalue weighted by atomic mass is 10.1. The SMILES string of the molecule is CNc1c(-c2ccc(Cl)cc2)[nH]c(C(F)(F)F)c1Br. The number of aromatic amines is 1. The molecule has 0 radical (unpaired) electrons. The van der Waals surface area contributed by atoms with Crippen molar-refractivity contribution in [3.05, 3.63) is 39.5 Å². The Morgan fingerprint density at radius 3 is 2.26 bits per heavy atom. The van der Waals surface area contributed by atoms with Crippen molar-refractivity contribution in [1.29, 1.82) is 0 Å². The van der Waals surface area contributed by atoms with Gasteiger partial charge in [-0.25, -0.2) is 0 Å². The first-order valence-corrected chi connectivity index (χ1v) is 6.44. The van der Waals surface area contributed by atoms with Crippen LogP contribution in [0.3, 0.4) is 0 Å². The molecule has 2 N–H and O–H groups in total. The van der Waals surface area contributed by atoms with Gasteiger partial charge < -0.3 is 10.3 Å². The average molecular weight is 354 g/mol. The molecule has 19 heavy (non-hydrogen) atoms. The van der Waals surface area contributed by atoms with E-state index >= 15 is 0 Å². The number of nitrogens with one attached hydrogen (secondary N) is 2. The van der Waals surface area contributed by atoms with E-state index in [1.807, 2.05) is 0 Å². The lowest BCUT2D eigenvalue weighted by Crippen LogP contribution is -2.06. The fourth-order valence-corrected chi connectivity index (χ4v) is 2.59. The molecule has 2 nitrogen and oxygen atoms in total. The summed E-state index contributed by atoms with van der Waals surface area (Å²) in [5.74, 6) is 0. The summed E-state index contributed by atoms with van der Waals surface area (Å²) < 4.78 is 38.5. The van der Waals surface area contributed by atoms with Gasteiger partial charge in [-0.3, -0.25) is 0 Å². The van der Waals surface area contributed by atoms with Gasteiger partial charge in [-0.1, -0.05) is 23.7 Å². The standard InChI is InChI=1S/C12H9BrClF3N2/c1-18-10-8(13)11(12(15,16)17)19-9(10)6-2-4-7(14)5-3-6/h2-5,18-19H,1H3. The van der Waals surface area contributed by atoms with Crippen LogP contribution in [0, 0.1) is 0 Å². The van der Waals surface area contributed by atoms with Gasteiger partial charge in [0.2, 0.25) is 0 Å². The Morgan fingerprint density at radius 2 is 1.79 bits per heavy atom. The minimum atomic E-state index is -4.45. The molecule has 102 valence electrons. The average Bonchev–Trinajstić information content (AvgIpc) is 2.67. The molecule has 1 heterocycles. The number of halogens is 5. The number of aromatic nitrogens is 1. The molecule has 2 aromatic rings. The van der Waals surface area contributed by atoms with E-state index in [-0.39, 0.29) is 4.47 Å². The fraction of sp³-hybridized carbons (Fsp3) is 0.167. The smallest absolute Gasteiger partial charge is 0.385 e. The summed E-state index contributed by atoms with van der Waals surface area (Å²) >= 11 is 8.74. The van der Waals surface area contributed by atoms with Crippen LogP contribution in [0.5, 0.6) is 0 Å². The maximum absolute atomic E-state index is 12.8. The Bertz CT molecular complexity index is 590. The van der Waals surface area contributed by atoms with E-state index in [0.29, 0.717) is 22.0 Å². The van der Waals surface area contributed by atoms with Crippen molar-refractivity contribution in [3.8, 4) is 11.3 Å². The van der Waals surface area contributed by atoms with Gasteiger partial charge in [-0.2, -0.15) is 13.2 Å². The highest BCUT2D eigenvalue weighted by Crippen LogP contribution is 2.43. The zero-order chi connectivity index (χ0) is 14.2. The molecule has 0 aliphatic rings. The lowest BCUT2D eigenvalue weighted by Gasteiger charge is -2.04. The van der Waals surface area contributed by atoms with E-state index in [9.17, 15) is 13.2 Å². The second-order valence-corrected chi connectivity index (χ2v) is 5.05. The van der Waals surface area contributed by atoms with Crippen LogP contribution in [0.1, 0.15) is 5.69 Å². The number of rotatable bonds is 2. The monoisotopic (exact) mass is 352 g/mol. The number of H-pyrrole nitrogens is 1. The second kappa shape index (κ2) is 5.09. The Labute approximate surface area is 121 Å². The highest BCUT2D eigenvalue weighted by atomic mass is 79.9. The third kappa shape index (κ3) is 2.74. The first-order valence-electron chi connectivity index (χ1n) is 5.27. The van der Waals surface area contributed by atoms with Gasteiger partial charge in [-0.15, -0.1) is 0 Å². The minimum Gasteiger partial charge on any atom is -0.385 e. The molecule has 0 bridgehead atoms. The van der Waals surface area contributed by atoms with E-state index in [0.717, 1.165) is 0 Å². The zero-order valence-electron chi connectivity index (χ0n) is 9.70. The Balaban J connectivity index is 2.60. The van der Waals surface area contributed by atoms with Crippen LogP contribution < -0.4 is 5.32 Å². The van der Waals surface area contributed by atoms with Crippen LogP contribution in [-0.4, -0.2) is 12.0 Å². The van der Waals surface area contributed by atoms with Gasteiger partial charge in [0, 0.05) is 17.6 Å².